The van der Waals surface area contributed by atoms with Gasteiger partial charge in [-0.05, 0) is 79.6 Å². The first kappa shape index (κ1) is 23.9. The molecule has 1 saturated heterocycles. The number of pyridine rings is 1. The fourth-order valence-electron chi connectivity index (χ4n) is 4.39. The largest absolute Gasteiger partial charge is 0.378 e. The summed E-state index contributed by atoms with van der Waals surface area (Å²) in [6, 6.07) is 8.28. The Morgan fingerprint density at radius 1 is 1.11 bits per heavy atom. The molecule has 182 valence electrons. The first-order valence-corrected chi connectivity index (χ1v) is 12.9. The zero-order valence-electron chi connectivity index (χ0n) is 20.5. The van der Waals surface area contributed by atoms with Crippen LogP contribution in [0.3, 0.4) is 0 Å². The Balaban J connectivity index is 1.48. The number of hydrogen-bond donors (Lipinski definition) is 1. The number of ether oxygens (including phenoxy) is 1. The van der Waals surface area contributed by atoms with Crippen LogP contribution in [0.2, 0.25) is 0 Å². The van der Waals surface area contributed by atoms with E-state index in [1.54, 1.807) is 0 Å². The monoisotopic (exact) mass is 583 g/mol. The van der Waals surface area contributed by atoms with Crippen molar-refractivity contribution in [2.45, 2.75) is 33.2 Å². The van der Waals surface area contributed by atoms with Crippen LogP contribution in [0.1, 0.15) is 36.7 Å². The third-order valence-electron chi connectivity index (χ3n) is 6.42. The SMILES string of the molecule is Cc1ccc(NC(=O)c2cn(C(C)(C)C)cc2I)cc1-c1cc(N2CCOCC2)c2nccn2c1. The second kappa shape index (κ2) is 9.31. The van der Waals surface area contributed by atoms with E-state index < -0.39 is 0 Å². The fraction of sp³-hybridized carbons (Fsp3) is 0.333. The van der Waals surface area contributed by atoms with Crippen LogP contribution in [-0.4, -0.2) is 46.2 Å². The van der Waals surface area contributed by atoms with E-state index >= 15 is 0 Å². The van der Waals surface area contributed by atoms with Gasteiger partial charge in [0.05, 0.1) is 24.5 Å². The van der Waals surface area contributed by atoms with Crippen LogP contribution < -0.4 is 10.2 Å². The summed E-state index contributed by atoms with van der Waals surface area (Å²) < 4.78 is 10.6. The lowest BCUT2D eigenvalue weighted by atomic mass is 10.0. The van der Waals surface area contributed by atoms with Gasteiger partial charge in [0.15, 0.2) is 5.65 Å². The Labute approximate surface area is 219 Å². The molecule has 1 aliphatic rings. The van der Waals surface area contributed by atoms with E-state index in [0.29, 0.717) is 18.8 Å². The Morgan fingerprint density at radius 2 is 1.89 bits per heavy atom. The van der Waals surface area contributed by atoms with Crippen LogP contribution in [0.15, 0.2) is 55.2 Å². The second-order valence-electron chi connectivity index (χ2n) is 9.95. The molecule has 4 heterocycles. The van der Waals surface area contributed by atoms with Crippen molar-refractivity contribution in [3.8, 4) is 11.1 Å². The molecule has 1 aromatic carbocycles. The number of benzene rings is 1. The standard InChI is InChI=1S/C27H30IN5O2/c1-18-5-6-20(30-26(34)22-16-33(17-23(22)28)27(2,3)4)14-21(18)19-13-24(31-9-11-35-12-10-31)25-29-7-8-32(25)15-19/h5-8,13-17H,9-12H2,1-4H3,(H,30,34). The molecule has 0 unspecified atom stereocenters. The van der Waals surface area contributed by atoms with Crippen LogP contribution in [-0.2, 0) is 10.3 Å². The number of aryl methyl sites for hydroxylation is 1. The van der Waals surface area contributed by atoms with Crippen LogP contribution in [0, 0.1) is 10.5 Å². The molecule has 0 radical (unpaired) electrons. The minimum absolute atomic E-state index is 0.0837. The smallest absolute Gasteiger partial charge is 0.258 e. The molecule has 1 fully saturated rings. The average Bonchev–Trinajstić information content (AvgIpc) is 3.46. The molecular weight excluding hydrogens is 553 g/mol. The number of anilines is 2. The quantitative estimate of drug-likeness (QED) is 0.320. The zero-order chi connectivity index (χ0) is 24.7. The van der Waals surface area contributed by atoms with Crippen LogP contribution in [0.5, 0.6) is 0 Å². The number of nitrogens with one attached hydrogen (secondary N) is 1. The van der Waals surface area contributed by atoms with Crippen LogP contribution in [0.4, 0.5) is 11.4 Å². The summed E-state index contributed by atoms with van der Waals surface area (Å²) in [6.07, 6.45) is 9.85. The molecule has 7 nitrogen and oxygen atoms in total. The molecule has 5 rings (SSSR count). The van der Waals surface area contributed by atoms with E-state index in [0.717, 1.165) is 50.4 Å². The lowest BCUT2D eigenvalue weighted by molar-refractivity contribution is 0.102. The van der Waals surface area contributed by atoms with E-state index in [-0.39, 0.29) is 11.4 Å². The lowest BCUT2D eigenvalue weighted by Gasteiger charge is -2.29. The highest BCUT2D eigenvalue weighted by Crippen LogP contribution is 2.32. The van der Waals surface area contributed by atoms with E-state index in [4.69, 9.17) is 4.74 Å². The Morgan fingerprint density at radius 3 is 2.60 bits per heavy atom. The van der Waals surface area contributed by atoms with E-state index in [1.807, 2.05) is 30.9 Å². The van der Waals surface area contributed by atoms with Crippen molar-refractivity contribution in [3.05, 3.63) is 69.9 Å². The third kappa shape index (κ3) is 4.81. The number of hydrogen-bond acceptors (Lipinski definition) is 4. The third-order valence-corrected chi connectivity index (χ3v) is 7.28. The second-order valence-corrected chi connectivity index (χ2v) is 11.1. The van der Waals surface area contributed by atoms with Gasteiger partial charge in [0.2, 0.25) is 0 Å². The Bertz CT molecular complexity index is 1390. The summed E-state index contributed by atoms with van der Waals surface area (Å²) >= 11 is 2.23. The van der Waals surface area contributed by atoms with E-state index in [2.05, 4.69) is 98.9 Å². The lowest BCUT2D eigenvalue weighted by Crippen LogP contribution is -2.36. The van der Waals surface area contributed by atoms with Gasteiger partial charge in [0.25, 0.3) is 5.91 Å². The predicted octanol–water partition coefficient (Wildman–Crippen LogP) is 5.56. The molecule has 3 aromatic heterocycles. The number of nitrogens with zero attached hydrogens (tertiary/aromatic N) is 4. The van der Waals surface area contributed by atoms with Gasteiger partial charge < -0.3 is 23.9 Å². The summed E-state index contributed by atoms with van der Waals surface area (Å²) in [7, 11) is 0. The summed E-state index contributed by atoms with van der Waals surface area (Å²) in [5.74, 6) is -0.105. The highest BCUT2D eigenvalue weighted by atomic mass is 127. The first-order chi connectivity index (χ1) is 16.7. The van der Waals surface area contributed by atoms with Crippen molar-refractivity contribution < 1.29 is 9.53 Å². The van der Waals surface area contributed by atoms with Gasteiger partial charge in [-0.25, -0.2) is 4.98 Å². The number of fused-ring (bicyclic) bond motifs is 1. The van der Waals surface area contributed by atoms with Crippen molar-refractivity contribution in [1.29, 1.82) is 0 Å². The summed E-state index contributed by atoms with van der Waals surface area (Å²) in [4.78, 5) is 20.1. The van der Waals surface area contributed by atoms with Crippen LogP contribution in [0.25, 0.3) is 16.8 Å². The van der Waals surface area contributed by atoms with Gasteiger partial charge >= 0.3 is 0 Å². The minimum atomic E-state index is -0.105. The molecule has 8 heteroatoms. The number of carbonyl (C=O) groups is 1. The highest BCUT2D eigenvalue weighted by Gasteiger charge is 2.20. The first-order valence-electron chi connectivity index (χ1n) is 11.8. The average molecular weight is 583 g/mol. The molecule has 0 bridgehead atoms. The normalized spacial score (nSPS) is 14.5. The molecule has 1 amide bonds. The molecule has 1 N–H and O–H groups in total. The zero-order valence-corrected chi connectivity index (χ0v) is 22.7. The van der Waals surface area contributed by atoms with Crippen molar-refractivity contribution in [1.82, 2.24) is 14.0 Å². The topological polar surface area (TPSA) is 63.8 Å². The van der Waals surface area contributed by atoms with Gasteiger partial charge in [-0.2, -0.15) is 0 Å². The van der Waals surface area contributed by atoms with Crippen molar-refractivity contribution in [3.63, 3.8) is 0 Å². The van der Waals surface area contributed by atoms with Crippen molar-refractivity contribution in [2.24, 2.45) is 0 Å². The maximum absolute atomic E-state index is 13.1. The highest BCUT2D eigenvalue weighted by molar-refractivity contribution is 14.1. The molecule has 35 heavy (non-hydrogen) atoms. The van der Waals surface area contributed by atoms with Gasteiger partial charge in [0.1, 0.15) is 0 Å². The van der Waals surface area contributed by atoms with Crippen molar-refractivity contribution in [2.75, 3.05) is 36.5 Å². The molecule has 0 atom stereocenters. The van der Waals surface area contributed by atoms with Gasteiger partial charge in [0, 0.05) is 64.4 Å². The molecule has 4 aromatic rings. The summed E-state index contributed by atoms with van der Waals surface area (Å²) in [5, 5.41) is 3.11. The molecule has 0 saturated carbocycles. The van der Waals surface area contributed by atoms with Gasteiger partial charge in [-0.15, -0.1) is 0 Å². The number of rotatable bonds is 4. The maximum atomic E-state index is 13.1. The molecule has 0 aliphatic carbocycles. The summed E-state index contributed by atoms with van der Waals surface area (Å²) in [6.45, 7) is 11.6. The number of imidazole rings is 1. The van der Waals surface area contributed by atoms with Crippen molar-refractivity contribution >= 4 is 45.5 Å². The molecule has 0 spiro atoms. The Kier molecular flexibility index (Phi) is 6.35. The summed E-state index contributed by atoms with van der Waals surface area (Å²) in [5.41, 5.74) is 6.71. The number of aromatic nitrogens is 3. The van der Waals surface area contributed by atoms with Crippen LogP contribution >= 0.6 is 22.6 Å². The molecule has 1 aliphatic heterocycles. The van der Waals surface area contributed by atoms with E-state index in [9.17, 15) is 4.79 Å². The molecular formula is C27H30IN5O2. The minimum Gasteiger partial charge on any atom is -0.378 e. The predicted molar refractivity (Wildman–Crippen MR) is 148 cm³/mol. The number of amides is 1. The van der Waals surface area contributed by atoms with Gasteiger partial charge in [-0.1, -0.05) is 6.07 Å². The maximum Gasteiger partial charge on any atom is 0.258 e. The van der Waals surface area contributed by atoms with Gasteiger partial charge in [-0.3, -0.25) is 4.79 Å². The fourth-order valence-corrected chi connectivity index (χ4v) is 5.08. The number of morpholine rings is 1. The number of halogens is 1. The number of carbonyl (C=O) groups excluding carboxylic acids is 1. The van der Waals surface area contributed by atoms with E-state index in [1.165, 1.54) is 0 Å². The Hall–Kier alpha value is -2.85.